The van der Waals surface area contributed by atoms with E-state index in [9.17, 15) is 4.39 Å². The number of hydrogen-bond acceptors (Lipinski definition) is 3. The minimum absolute atomic E-state index is 0.117. The average molecular weight is 293 g/mol. The van der Waals surface area contributed by atoms with Gasteiger partial charge in [0.15, 0.2) is 11.5 Å². The Labute approximate surface area is 125 Å². The number of rotatable bonds is 3. The van der Waals surface area contributed by atoms with Crippen molar-refractivity contribution in [2.75, 3.05) is 19.8 Å². The van der Waals surface area contributed by atoms with Crippen LogP contribution in [0.5, 0.6) is 11.5 Å². The minimum atomic E-state index is -1.42. The fraction of sp³-hybridized carbons (Fsp3) is 0.647. The Balaban J connectivity index is 2.17. The molecule has 21 heavy (non-hydrogen) atoms. The smallest absolute Gasteiger partial charge is 0.161 e. The zero-order valence-corrected chi connectivity index (χ0v) is 12.9. The lowest BCUT2D eigenvalue weighted by Gasteiger charge is -2.34. The largest absolute Gasteiger partial charge is 0.486 e. The third-order valence-electron chi connectivity index (χ3n) is 4.85. The average Bonchev–Trinajstić information content (AvgIpc) is 2.95. The van der Waals surface area contributed by atoms with Crippen LogP contribution in [0.4, 0.5) is 4.39 Å². The SMILES string of the molecule is CC(C)(F)c1cc2c(cc1C1(CN)CCCC1)OCCO2. The number of ether oxygens (including phenoxy) is 2. The van der Waals surface area contributed by atoms with Crippen molar-refractivity contribution in [3.05, 3.63) is 23.3 Å². The highest BCUT2D eigenvalue weighted by atomic mass is 19.1. The number of hydrogen-bond donors (Lipinski definition) is 1. The van der Waals surface area contributed by atoms with Gasteiger partial charge in [-0.05, 0) is 49.9 Å². The van der Waals surface area contributed by atoms with Gasteiger partial charge in [0.1, 0.15) is 18.9 Å². The van der Waals surface area contributed by atoms with Gasteiger partial charge in [-0.2, -0.15) is 0 Å². The molecule has 1 fully saturated rings. The lowest BCUT2D eigenvalue weighted by atomic mass is 9.74. The van der Waals surface area contributed by atoms with E-state index in [1.807, 2.05) is 12.1 Å². The predicted molar refractivity (Wildman–Crippen MR) is 80.8 cm³/mol. The molecule has 0 radical (unpaired) electrons. The lowest BCUT2D eigenvalue weighted by molar-refractivity contribution is 0.167. The molecule has 0 bridgehead atoms. The second kappa shape index (κ2) is 5.16. The van der Waals surface area contributed by atoms with Crippen LogP contribution in [-0.2, 0) is 11.1 Å². The molecule has 1 aliphatic heterocycles. The van der Waals surface area contributed by atoms with Crippen molar-refractivity contribution in [2.24, 2.45) is 5.73 Å². The van der Waals surface area contributed by atoms with Crippen molar-refractivity contribution < 1.29 is 13.9 Å². The van der Waals surface area contributed by atoms with E-state index in [1.165, 1.54) is 0 Å². The van der Waals surface area contributed by atoms with Gasteiger partial charge in [0.05, 0.1) is 0 Å². The van der Waals surface area contributed by atoms with E-state index < -0.39 is 5.67 Å². The number of halogens is 1. The summed E-state index contributed by atoms with van der Waals surface area (Å²) in [4.78, 5) is 0. The molecule has 2 aliphatic rings. The summed E-state index contributed by atoms with van der Waals surface area (Å²) in [6.45, 7) is 4.80. The van der Waals surface area contributed by atoms with Gasteiger partial charge >= 0.3 is 0 Å². The lowest BCUT2D eigenvalue weighted by Crippen LogP contribution is -2.35. The van der Waals surface area contributed by atoms with Crippen molar-refractivity contribution >= 4 is 0 Å². The molecule has 4 heteroatoms. The van der Waals surface area contributed by atoms with E-state index in [-0.39, 0.29) is 5.41 Å². The molecule has 1 heterocycles. The normalized spacial score (nSPS) is 20.6. The topological polar surface area (TPSA) is 44.5 Å². The van der Waals surface area contributed by atoms with E-state index in [0.29, 0.717) is 31.1 Å². The highest BCUT2D eigenvalue weighted by molar-refractivity contribution is 5.52. The summed E-state index contributed by atoms with van der Waals surface area (Å²) < 4.78 is 26.1. The predicted octanol–water partition coefficient (Wildman–Crippen LogP) is 3.43. The molecule has 3 rings (SSSR count). The molecule has 1 saturated carbocycles. The van der Waals surface area contributed by atoms with Gasteiger partial charge in [-0.25, -0.2) is 4.39 Å². The molecule has 0 saturated heterocycles. The molecule has 1 aromatic carbocycles. The van der Waals surface area contributed by atoms with Gasteiger partial charge in [0.25, 0.3) is 0 Å². The maximum atomic E-state index is 14.8. The second-order valence-electron chi connectivity index (χ2n) is 6.71. The zero-order chi connectivity index (χ0) is 15.1. The van der Waals surface area contributed by atoms with Crippen molar-refractivity contribution in [1.29, 1.82) is 0 Å². The number of alkyl halides is 1. The van der Waals surface area contributed by atoms with Crippen LogP contribution in [0.3, 0.4) is 0 Å². The summed E-state index contributed by atoms with van der Waals surface area (Å²) in [5.41, 5.74) is 6.26. The first-order valence-electron chi connectivity index (χ1n) is 7.80. The van der Waals surface area contributed by atoms with E-state index >= 15 is 0 Å². The van der Waals surface area contributed by atoms with Gasteiger partial charge in [0, 0.05) is 12.0 Å². The van der Waals surface area contributed by atoms with Crippen LogP contribution in [0.25, 0.3) is 0 Å². The van der Waals surface area contributed by atoms with Crippen LogP contribution in [0, 0.1) is 0 Å². The van der Waals surface area contributed by atoms with E-state index in [2.05, 4.69) is 0 Å². The molecule has 2 N–H and O–H groups in total. The molecule has 0 spiro atoms. The van der Waals surface area contributed by atoms with Gasteiger partial charge in [-0.15, -0.1) is 0 Å². The van der Waals surface area contributed by atoms with Crippen LogP contribution < -0.4 is 15.2 Å². The monoisotopic (exact) mass is 293 g/mol. The molecule has 1 aliphatic carbocycles. The number of benzene rings is 1. The Kier molecular flexibility index (Phi) is 3.60. The molecule has 116 valence electrons. The first kappa shape index (κ1) is 14.6. The fourth-order valence-electron chi connectivity index (χ4n) is 3.65. The standard InChI is InChI=1S/C17H24FNO2/c1-16(2,18)12-9-14-15(21-8-7-20-14)10-13(12)17(11-19)5-3-4-6-17/h9-10H,3-8,11,19H2,1-2H3. The van der Waals surface area contributed by atoms with Crippen molar-refractivity contribution in [2.45, 2.75) is 50.6 Å². The Morgan fingerprint density at radius 2 is 1.71 bits per heavy atom. The van der Waals surface area contributed by atoms with Crippen LogP contribution in [-0.4, -0.2) is 19.8 Å². The van der Waals surface area contributed by atoms with Gasteiger partial charge in [-0.1, -0.05) is 12.8 Å². The molecular weight excluding hydrogens is 269 g/mol. The van der Waals surface area contributed by atoms with E-state index in [1.54, 1.807) is 13.8 Å². The molecule has 0 atom stereocenters. The van der Waals surface area contributed by atoms with Crippen molar-refractivity contribution in [3.8, 4) is 11.5 Å². The highest BCUT2D eigenvalue weighted by Gasteiger charge is 2.40. The van der Waals surface area contributed by atoms with Crippen LogP contribution >= 0.6 is 0 Å². The minimum Gasteiger partial charge on any atom is -0.486 e. The Hall–Kier alpha value is -1.29. The highest BCUT2D eigenvalue weighted by Crippen LogP contribution is 2.48. The summed E-state index contributed by atoms with van der Waals surface area (Å²) in [5, 5.41) is 0. The summed E-state index contributed by atoms with van der Waals surface area (Å²) in [6.07, 6.45) is 4.34. The van der Waals surface area contributed by atoms with Gasteiger partial charge in [0.2, 0.25) is 0 Å². The Bertz CT molecular complexity index is 530. The zero-order valence-electron chi connectivity index (χ0n) is 12.9. The van der Waals surface area contributed by atoms with E-state index in [4.69, 9.17) is 15.2 Å². The summed E-state index contributed by atoms with van der Waals surface area (Å²) in [7, 11) is 0. The summed E-state index contributed by atoms with van der Waals surface area (Å²) >= 11 is 0. The molecule has 0 amide bonds. The third kappa shape index (κ3) is 2.50. The first-order chi connectivity index (χ1) is 9.96. The maximum absolute atomic E-state index is 14.8. The Morgan fingerprint density at radius 3 is 2.24 bits per heavy atom. The van der Waals surface area contributed by atoms with Crippen molar-refractivity contribution in [1.82, 2.24) is 0 Å². The Morgan fingerprint density at radius 1 is 1.14 bits per heavy atom. The van der Waals surface area contributed by atoms with Crippen LogP contribution in [0.15, 0.2) is 12.1 Å². The molecular formula is C17H24FNO2. The third-order valence-corrected chi connectivity index (χ3v) is 4.85. The molecule has 1 aromatic rings. The fourth-order valence-corrected chi connectivity index (χ4v) is 3.65. The van der Waals surface area contributed by atoms with Crippen molar-refractivity contribution in [3.63, 3.8) is 0 Å². The van der Waals surface area contributed by atoms with Crippen LogP contribution in [0.2, 0.25) is 0 Å². The molecule has 3 nitrogen and oxygen atoms in total. The molecule has 0 aromatic heterocycles. The quantitative estimate of drug-likeness (QED) is 0.928. The summed E-state index contributed by atoms with van der Waals surface area (Å²) in [6, 6.07) is 3.79. The van der Waals surface area contributed by atoms with Gasteiger partial charge in [-0.3, -0.25) is 0 Å². The van der Waals surface area contributed by atoms with Gasteiger partial charge < -0.3 is 15.2 Å². The maximum Gasteiger partial charge on any atom is 0.161 e. The second-order valence-corrected chi connectivity index (χ2v) is 6.71. The van der Waals surface area contributed by atoms with Crippen LogP contribution in [0.1, 0.15) is 50.7 Å². The first-order valence-corrected chi connectivity index (χ1v) is 7.80. The number of nitrogens with two attached hydrogens (primary N) is 1. The van der Waals surface area contributed by atoms with E-state index in [0.717, 1.165) is 37.0 Å². The molecule has 0 unspecified atom stereocenters. The number of fused-ring (bicyclic) bond motifs is 1. The summed E-state index contributed by atoms with van der Waals surface area (Å²) in [5.74, 6) is 1.37.